The van der Waals surface area contributed by atoms with Gasteiger partial charge in [-0.25, -0.2) is 0 Å². The lowest BCUT2D eigenvalue weighted by atomic mass is 9.93. The lowest BCUT2D eigenvalue weighted by Gasteiger charge is -2.31. The van der Waals surface area contributed by atoms with Crippen molar-refractivity contribution in [1.29, 1.82) is 0 Å². The molecular formula is C38H42N4O5. The third-order valence-corrected chi connectivity index (χ3v) is 9.53. The molecule has 1 aliphatic carbocycles. The van der Waals surface area contributed by atoms with Crippen LogP contribution in [0, 0.1) is 19.8 Å². The van der Waals surface area contributed by atoms with Crippen LogP contribution in [0.5, 0.6) is 5.75 Å². The molecule has 6 rings (SSSR count). The van der Waals surface area contributed by atoms with Crippen LogP contribution in [-0.2, 0) is 22.6 Å². The van der Waals surface area contributed by atoms with E-state index in [-0.39, 0.29) is 17.9 Å². The normalized spacial score (nSPS) is 17.3. The van der Waals surface area contributed by atoms with Gasteiger partial charge in [0.25, 0.3) is 5.91 Å². The van der Waals surface area contributed by atoms with Crippen LogP contribution in [0.1, 0.15) is 71.1 Å². The SMILES string of the molecule is Cc1cccc(OCCCC(=O)N2CCCc3c(-c4cnn(Cc5cccc(C(=O)N[C@@H]6CCC[C@@H]6C(=O)O)c5)c4)cccc32)c1C. The number of ether oxygens (including phenoxy) is 1. The molecule has 1 aromatic heterocycles. The van der Waals surface area contributed by atoms with Gasteiger partial charge < -0.3 is 20.1 Å². The van der Waals surface area contributed by atoms with E-state index in [1.165, 1.54) is 5.56 Å². The first-order valence-corrected chi connectivity index (χ1v) is 16.5. The van der Waals surface area contributed by atoms with Crippen molar-refractivity contribution in [2.45, 2.75) is 71.4 Å². The number of hydrogen-bond donors (Lipinski definition) is 2. The molecule has 0 bridgehead atoms. The molecule has 2 atom stereocenters. The summed E-state index contributed by atoms with van der Waals surface area (Å²) in [4.78, 5) is 39.8. The van der Waals surface area contributed by atoms with Crippen molar-refractivity contribution in [2.24, 2.45) is 5.92 Å². The van der Waals surface area contributed by atoms with Gasteiger partial charge in [-0.15, -0.1) is 0 Å². The first-order chi connectivity index (χ1) is 22.8. The summed E-state index contributed by atoms with van der Waals surface area (Å²) < 4.78 is 7.84. The van der Waals surface area contributed by atoms with Crippen LogP contribution < -0.4 is 15.0 Å². The Labute approximate surface area is 275 Å². The number of carbonyl (C=O) groups is 3. The van der Waals surface area contributed by atoms with E-state index in [9.17, 15) is 19.5 Å². The smallest absolute Gasteiger partial charge is 0.308 e. The van der Waals surface area contributed by atoms with Gasteiger partial charge in [-0.2, -0.15) is 5.10 Å². The molecule has 3 aromatic carbocycles. The topological polar surface area (TPSA) is 114 Å². The van der Waals surface area contributed by atoms with E-state index in [1.54, 1.807) is 6.07 Å². The number of hydrogen-bond acceptors (Lipinski definition) is 5. The monoisotopic (exact) mass is 634 g/mol. The van der Waals surface area contributed by atoms with Crippen molar-refractivity contribution in [3.05, 3.63) is 101 Å². The van der Waals surface area contributed by atoms with Gasteiger partial charge in [0.2, 0.25) is 5.91 Å². The molecule has 2 aliphatic rings. The van der Waals surface area contributed by atoms with Crippen molar-refractivity contribution in [1.82, 2.24) is 15.1 Å². The largest absolute Gasteiger partial charge is 0.493 e. The first-order valence-electron chi connectivity index (χ1n) is 16.5. The molecule has 0 radical (unpaired) electrons. The summed E-state index contributed by atoms with van der Waals surface area (Å²) in [6, 6.07) is 19.2. The van der Waals surface area contributed by atoms with Gasteiger partial charge in [0.05, 0.1) is 25.3 Å². The van der Waals surface area contributed by atoms with Gasteiger partial charge in [0, 0.05) is 42.0 Å². The maximum atomic E-state index is 13.4. The number of anilines is 1. The van der Waals surface area contributed by atoms with Crippen molar-refractivity contribution >= 4 is 23.5 Å². The van der Waals surface area contributed by atoms with Crippen molar-refractivity contribution in [3.8, 4) is 16.9 Å². The van der Waals surface area contributed by atoms with Crippen LogP contribution in [0.25, 0.3) is 11.1 Å². The molecule has 2 N–H and O–H groups in total. The van der Waals surface area contributed by atoms with Crippen molar-refractivity contribution < 1.29 is 24.2 Å². The lowest BCUT2D eigenvalue weighted by molar-refractivity contribution is -0.142. The van der Waals surface area contributed by atoms with Gasteiger partial charge in [-0.05, 0) is 98.0 Å². The van der Waals surface area contributed by atoms with E-state index < -0.39 is 11.9 Å². The molecule has 47 heavy (non-hydrogen) atoms. The first kappa shape index (κ1) is 32.0. The minimum absolute atomic E-state index is 0.110. The molecule has 4 aromatic rings. The predicted octanol–water partition coefficient (Wildman–Crippen LogP) is 6.34. The van der Waals surface area contributed by atoms with Crippen LogP contribution in [0.4, 0.5) is 5.69 Å². The molecule has 1 fully saturated rings. The summed E-state index contributed by atoms with van der Waals surface area (Å²) in [6.07, 6.45) is 8.77. The zero-order chi connectivity index (χ0) is 32.9. The highest BCUT2D eigenvalue weighted by molar-refractivity contribution is 5.96. The Kier molecular flexibility index (Phi) is 9.71. The Balaban J connectivity index is 1.09. The fraction of sp³-hybridized carbons (Fsp3) is 0.368. The van der Waals surface area contributed by atoms with Crippen LogP contribution in [0.3, 0.4) is 0 Å². The molecule has 9 heteroatoms. The van der Waals surface area contributed by atoms with E-state index in [0.717, 1.165) is 58.5 Å². The van der Waals surface area contributed by atoms with Crippen LogP contribution in [0.15, 0.2) is 73.1 Å². The van der Waals surface area contributed by atoms with E-state index >= 15 is 0 Å². The zero-order valence-corrected chi connectivity index (χ0v) is 27.1. The number of amides is 2. The maximum Gasteiger partial charge on any atom is 0.308 e. The summed E-state index contributed by atoms with van der Waals surface area (Å²) in [5.74, 6) is -0.662. The molecule has 9 nitrogen and oxygen atoms in total. The molecule has 0 saturated heterocycles. The third-order valence-electron chi connectivity index (χ3n) is 9.53. The second-order valence-corrected chi connectivity index (χ2v) is 12.7. The van der Waals surface area contributed by atoms with Gasteiger partial charge in [-0.3, -0.25) is 19.1 Å². The summed E-state index contributed by atoms with van der Waals surface area (Å²) in [6.45, 7) is 5.80. The maximum absolute atomic E-state index is 13.4. The quantitative estimate of drug-likeness (QED) is 0.186. The summed E-state index contributed by atoms with van der Waals surface area (Å²) >= 11 is 0. The number of rotatable bonds is 11. The van der Waals surface area contributed by atoms with Crippen LogP contribution >= 0.6 is 0 Å². The van der Waals surface area contributed by atoms with E-state index in [4.69, 9.17) is 4.74 Å². The highest BCUT2D eigenvalue weighted by atomic mass is 16.5. The Morgan fingerprint density at radius 1 is 1.02 bits per heavy atom. The van der Waals surface area contributed by atoms with Gasteiger partial charge in [0.1, 0.15) is 5.75 Å². The lowest BCUT2D eigenvalue weighted by Crippen LogP contribution is -2.40. The summed E-state index contributed by atoms with van der Waals surface area (Å²) in [7, 11) is 0. The van der Waals surface area contributed by atoms with Crippen molar-refractivity contribution in [2.75, 3.05) is 18.1 Å². The molecular weight excluding hydrogens is 592 g/mol. The zero-order valence-electron chi connectivity index (χ0n) is 27.1. The second kappa shape index (κ2) is 14.2. The molecule has 0 spiro atoms. The van der Waals surface area contributed by atoms with Crippen LogP contribution in [0.2, 0.25) is 0 Å². The molecule has 2 heterocycles. The third kappa shape index (κ3) is 7.24. The number of benzene rings is 3. The number of carbonyl (C=O) groups excluding carboxylic acids is 2. The van der Waals surface area contributed by atoms with E-state index in [2.05, 4.69) is 36.4 Å². The highest BCUT2D eigenvalue weighted by Gasteiger charge is 2.34. The van der Waals surface area contributed by atoms with Gasteiger partial charge >= 0.3 is 5.97 Å². The van der Waals surface area contributed by atoms with Gasteiger partial charge in [0.15, 0.2) is 0 Å². The number of aliphatic carboxylic acids is 1. The minimum atomic E-state index is -0.857. The Hall–Kier alpha value is -4.92. The number of carboxylic acid groups (broad SMARTS) is 1. The predicted molar refractivity (Wildman–Crippen MR) is 181 cm³/mol. The number of carboxylic acids is 1. The standard InChI is InChI=1S/C38H42N4O5/c1-25-9-3-17-35(26(25)2)47-20-8-18-36(43)42-19-7-14-31-30(12-6-16-34(31)42)29-22-39-41(24-29)23-27-10-4-11-28(21-27)37(44)40-33-15-5-13-32(33)38(45)46/h3-4,6,9-12,16-17,21-22,24,32-33H,5,7-8,13-15,18-20,23H2,1-2H3,(H,40,44)(H,45,46)/t32-,33+/m0/s1. The Morgan fingerprint density at radius 3 is 2.70 bits per heavy atom. The number of nitrogens with zero attached hydrogens (tertiary/aromatic N) is 3. The number of aromatic nitrogens is 2. The van der Waals surface area contributed by atoms with E-state index in [1.807, 2.05) is 64.4 Å². The average molecular weight is 635 g/mol. The molecule has 1 saturated carbocycles. The molecule has 0 unspecified atom stereocenters. The van der Waals surface area contributed by atoms with Gasteiger partial charge in [-0.1, -0.05) is 42.8 Å². The van der Waals surface area contributed by atoms with Crippen molar-refractivity contribution in [3.63, 3.8) is 0 Å². The molecule has 1 aliphatic heterocycles. The van der Waals surface area contributed by atoms with E-state index in [0.29, 0.717) is 50.9 Å². The fourth-order valence-electron chi connectivity index (χ4n) is 6.84. The summed E-state index contributed by atoms with van der Waals surface area (Å²) in [5, 5.41) is 17.0. The minimum Gasteiger partial charge on any atom is -0.493 e. The molecule has 244 valence electrons. The van der Waals surface area contributed by atoms with Crippen LogP contribution in [-0.4, -0.2) is 51.9 Å². The number of nitrogens with one attached hydrogen (secondary N) is 1. The molecule has 2 amide bonds. The summed E-state index contributed by atoms with van der Waals surface area (Å²) in [5.41, 5.74) is 7.92. The second-order valence-electron chi connectivity index (χ2n) is 12.7. The average Bonchev–Trinajstić information content (AvgIpc) is 3.74. The Bertz CT molecular complexity index is 1780. The highest BCUT2D eigenvalue weighted by Crippen LogP contribution is 2.36. The Morgan fingerprint density at radius 2 is 1.85 bits per heavy atom. The number of aryl methyl sites for hydroxylation is 1. The fourth-order valence-corrected chi connectivity index (χ4v) is 6.84. The number of fused-ring (bicyclic) bond motifs is 1.